The molecule has 136 valence electrons. The van der Waals surface area contributed by atoms with Gasteiger partial charge in [0.1, 0.15) is 5.82 Å². The number of ether oxygens (including phenoxy) is 1. The molecule has 1 fully saturated rings. The molecule has 1 saturated carbocycles. The molecule has 0 radical (unpaired) electrons. The third-order valence-electron chi connectivity index (χ3n) is 4.87. The molecule has 0 saturated heterocycles. The van der Waals surface area contributed by atoms with Crippen molar-refractivity contribution < 1.29 is 18.7 Å². The number of carbonyl (C=O) groups is 2. The van der Waals surface area contributed by atoms with Gasteiger partial charge in [-0.3, -0.25) is 9.59 Å². The van der Waals surface area contributed by atoms with Crippen LogP contribution in [-0.4, -0.2) is 18.5 Å². The lowest BCUT2D eigenvalue weighted by atomic mass is 9.78. The van der Waals surface area contributed by atoms with Crippen molar-refractivity contribution in [3.05, 3.63) is 65.5 Å². The Morgan fingerprint density at radius 2 is 1.85 bits per heavy atom. The number of hydrogen-bond acceptors (Lipinski definition) is 3. The third-order valence-corrected chi connectivity index (χ3v) is 4.87. The van der Waals surface area contributed by atoms with Crippen LogP contribution in [0.15, 0.2) is 48.5 Å². The maximum absolute atomic E-state index is 14.3. The number of benzene rings is 2. The van der Waals surface area contributed by atoms with Crippen LogP contribution >= 0.6 is 0 Å². The number of aryl methyl sites for hydroxylation is 1. The molecule has 0 bridgehead atoms. The predicted molar refractivity (Wildman–Crippen MR) is 97.3 cm³/mol. The lowest BCUT2D eigenvalue weighted by Gasteiger charge is -2.27. The van der Waals surface area contributed by atoms with Gasteiger partial charge in [-0.15, -0.1) is 0 Å². The molecule has 1 aliphatic rings. The first-order chi connectivity index (χ1) is 12.5. The zero-order valence-electron chi connectivity index (χ0n) is 14.8. The lowest BCUT2D eigenvalue weighted by molar-refractivity contribution is -0.153. The van der Waals surface area contributed by atoms with Crippen molar-refractivity contribution in [1.29, 1.82) is 0 Å². The SMILES string of the molecule is Cc1cccc(NC(=O)COC(=O)C2(c3ccccc3F)CCCC2)c1. The monoisotopic (exact) mass is 355 g/mol. The van der Waals surface area contributed by atoms with Gasteiger partial charge in [0.05, 0.1) is 5.41 Å². The van der Waals surface area contributed by atoms with E-state index in [1.54, 1.807) is 24.3 Å². The molecule has 0 heterocycles. The second-order valence-electron chi connectivity index (χ2n) is 6.76. The van der Waals surface area contributed by atoms with E-state index in [0.717, 1.165) is 18.4 Å². The summed E-state index contributed by atoms with van der Waals surface area (Å²) in [6.45, 7) is 1.54. The summed E-state index contributed by atoms with van der Waals surface area (Å²) in [7, 11) is 0. The van der Waals surface area contributed by atoms with Gasteiger partial charge >= 0.3 is 5.97 Å². The minimum absolute atomic E-state index is 0.363. The number of hydrogen-bond donors (Lipinski definition) is 1. The Labute approximate surface area is 152 Å². The van der Waals surface area contributed by atoms with Crippen LogP contribution in [0, 0.1) is 12.7 Å². The number of halogens is 1. The maximum atomic E-state index is 14.3. The van der Waals surface area contributed by atoms with Crippen molar-refractivity contribution in [2.45, 2.75) is 38.0 Å². The molecule has 0 aliphatic heterocycles. The van der Waals surface area contributed by atoms with Crippen LogP contribution in [-0.2, 0) is 19.7 Å². The first-order valence-electron chi connectivity index (χ1n) is 8.80. The summed E-state index contributed by atoms with van der Waals surface area (Å²) in [5.41, 5.74) is 1.04. The van der Waals surface area contributed by atoms with Gasteiger partial charge in [0.15, 0.2) is 6.61 Å². The second-order valence-corrected chi connectivity index (χ2v) is 6.76. The summed E-state index contributed by atoms with van der Waals surface area (Å²) in [5.74, 6) is -1.35. The zero-order chi connectivity index (χ0) is 18.6. The van der Waals surface area contributed by atoms with E-state index in [-0.39, 0.29) is 6.61 Å². The van der Waals surface area contributed by atoms with Crippen LogP contribution in [0.2, 0.25) is 0 Å². The fourth-order valence-electron chi connectivity index (χ4n) is 3.60. The smallest absolute Gasteiger partial charge is 0.317 e. The molecule has 1 N–H and O–H groups in total. The fraction of sp³-hybridized carbons (Fsp3) is 0.333. The van der Waals surface area contributed by atoms with Gasteiger partial charge in [-0.1, -0.05) is 43.2 Å². The molecule has 0 spiro atoms. The van der Waals surface area contributed by atoms with Crippen LogP contribution in [0.4, 0.5) is 10.1 Å². The second kappa shape index (κ2) is 7.68. The van der Waals surface area contributed by atoms with Crippen LogP contribution in [0.25, 0.3) is 0 Å². The van der Waals surface area contributed by atoms with Crippen LogP contribution in [0.5, 0.6) is 0 Å². The summed E-state index contributed by atoms with van der Waals surface area (Å²) in [4.78, 5) is 24.9. The van der Waals surface area contributed by atoms with Gasteiger partial charge in [0.25, 0.3) is 5.91 Å². The van der Waals surface area contributed by atoms with Gasteiger partial charge in [0.2, 0.25) is 0 Å². The molecule has 5 heteroatoms. The minimum atomic E-state index is -0.991. The average Bonchev–Trinajstić information content (AvgIpc) is 3.11. The van der Waals surface area contributed by atoms with Crippen molar-refractivity contribution in [2.24, 2.45) is 0 Å². The standard InChI is InChI=1S/C21H22FNO3/c1-15-7-6-8-16(13-15)23-19(24)14-26-20(25)21(11-4-5-12-21)17-9-2-3-10-18(17)22/h2-3,6-10,13H,4-5,11-12,14H2,1H3,(H,23,24). The quantitative estimate of drug-likeness (QED) is 0.821. The molecular weight excluding hydrogens is 333 g/mol. The van der Waals surface area contributed by atoms with Gasteiger partial charge in [-0.05, 0) is 43.5 Å². The van der Waals surface area contributed by atoms with Gasteiger partial charge in [-0.25, -0.2) is 4.39 Å². The number of anilines is 1. The van der Waals surface area contributed by atoms with Gasteiger partial charge in [-0.2, -0.15) is 0 Å². The van der Waals surface area contributed by atoms with Gasteiger partial charge < -0.3 is 10.1 Å². The predicted octanol–water partition coefficient (Wildman–Crippen LogP) is 4.13. The number of amides is 1. The molecule has 2 aromatic rings. The number of rotatable bonds is 5. The molecule has 2 aromatic carbocycles. The third kappa shape index (κ3) is 3.77. The molecule has 0 atom stereocenters. The summed E-state index contributed by atoms with van der Waals surface area (Å²) >= 11 is 0. The Morgan fingerprint density at radius 3 is 2.54 bits per heavy atom. The first-order valence-corrected chi connectivity index (χ1v) is 8.80. The molecule has 26 heavy (non-hydrogen) atoms. The van der Waals surface area contributed by atoms with E-state index in [1.165, 1.54) is 6.07 Å². The first kappa shape index (κ1) is 18.1. The van der Waals surface area contributed by atoms with E-state index >= 15 is 0 Å². The highest BCUT2D eigenvalue weighted by molar-refractivity contribution is 5.94. The zero-order valence-corrected chi connectivity index (χ0v) is 14.8. The molecule has 4 nitrogen and oxygen atoms in total. The van der Waals surface area contributed by atoms with Crippen molar-refractivity contribution >= 4 is 17.6 Å². The molecule has 0 aromatic heterocycles. The molecule has 3 rings (SSSR count). The minimum Gasteiger partial charge on any atom is -0.455 e. The Kier molecular flexibility index (Phi) is 5.35. The summed E-state index contributed by atoms with van der Waals surface area (Å²) in [6, 6.07) is 13.7. The number of nitrogens with one attached hydrogen (secondary N) is 1. The van der Waals surface area contributed by atoms with Crippen molar-refractivity contribution in [3.63, 3.8) is 0 Å². The molecule has 0 unspecified atom stereocenters. The summed E-state index contributed by atoms with van der Waals surface area (Å²) in [5, 5.41) is 2.70. The molecule has 1 aliphatic carbocycles. The largest absolute Gasteiger partial charge is 0.455 e. The van der Waals surface area contributed by atoms with E-state index < -0.39 is 23.1 Å². The van der Waals surface area contributed by atoms with E-state index in [2.05, 4.69) is 5.32 Å². The average molecular weight is 355 g/mol. The Morgan fingerprint density at radius 1 is 1.12 bits per heavy atom. The van der Waals surface area contributed by atoms with E-state index in [0.29, 0.717) is 24.1 Å². The highest BCUT2D eigenvalue weighted by Crippen LogP contribution is 2.43. The Hall–Kier alpha value is -2.69. The van der Waals surface area contributed by atoms with Crippen LogP contribution in [0.1, 0.15) is 36.8 Å². The van der Waals surface area contributed by atoms with Gasteiger partial charge in [0, 0.05) is 11.3 Å². The lowest BCUT2D eigenvalue weighted by Crippen LogP contribution is -2.37. The van der Waals surface area contributed by atoms with Crippen molar-refractivity contribution in [1.82, 2.24) is 0 Å². The number of esters is 1. The van der Waals surface area contributed by atoms with Crippen LogP contribution < -0.4 is 5.32 Å². The van der Waals surface area contributed by atoms with E-state index in [9.17, 15) is 14.0 Å². The molecular formula is C21H22FNO3. The summed E-state index contributed by atoms with van der Waals surface area (Å²) in [6.07, 6.45) is 2.73. The Balaban J connectivity index is 1.68. The topological polar surface area (TPSA) is 55.4 Å². The van der Waals surface area contributed by atoms with Crippen molar-refractivity contribution in [3.8, 4) is 0 Å². The maximum Gasteiger partial charge on any atom is 0.317 e. The Bertz CT molecular complexity index is 812. The normalized spacial score (nSPS) is 15.5. The highest BCUT2D eigenvalue weighted by Gasteiger charge is 2.45. The summed E-state index contributed by atoms with van der Waals surface area (Å²) < 4.78 is 19.6. The molecule has 1 amide bonds. The fourth-order valence-corrected chi connectivity index (χ4v) is 3.60. The van der Waals surface area contributed by atoms with E-state index in [4.69, 9.17) is 4.74 Å². The highest BCUT2D eigenvalue weighted by atomic mass is 19.1. The number of carbonyl (C=O) groups excluding carboxylic acids is 2. The van der Waals surface area contributed by atoms with Crippen LogP contribution in [0.3, 0.4) is 0 Å². The van der Waals surface area contributed by atoms with Crippen molar-refractivity contribution in [2.75, 3.05) is 11.9 Å². The van der Waals surface area contributed by atoms with E-state index in [1.807, 2.05) is 25.1 Å².